The summed E-state index contributed by atoms with van der Waals surface area (Å²) in [7, 11) is 0. The van der Waals surface area contributed by atoms with Crippen molar-refractivity contribution in [2.45, 2.75) is 25.8 Å². The van der Waals surface area contributed by atoms with Crippen molar-refractivity contribution >= 4 is 27.4 Å². The predicted octanol–water partition coefficient (Wildman–Crippen LogP) is 6.35. The molecule has 1 heterocycles. The first-order valence-electron chi connectivity index (χ1n) is 10.0. The molecule has 0 radical (unpaired) electrons. The van der Waals surface area contributed by atoms with Crippen LogP contribution in [0.1, 0.15) is 45.1 Å². The lowest BCUT2D eigenvalue weighted by molar-refractivity contribution is 0.0698. The highest BCUT2D eigenvalue weighted by molar-refractivity contribution is 9.10. The normalized spacial score (nSPS) is 17.9. The molecule has 1 unspecified atom stereocenters. The van der Waals surface area contributed by atoms with Crippen LogP contribution in [0.3, 0.4) is 0 Å². The maximum absolute atomic E-state index is 13.5. The molecule has 1 aliphatic carbocycles. The minimum atomic E-state index is -0.0112. The molecule has 2 aliphatic rings. The highest BCUT2D eigenvalue weighted by Gasteiger charge is 2.37. The molecule has 0 spiro atoms. The summed E-state index contributed by atoms with van der Waals surface area (Å²) in [6, 6.07) is 25.0. The SMILES string of the molecule is Cc1ccc(C2C3=C(CCN2C(=O)c2ccc(Br)cc2)c2ccccc2C3)cc1. The van der Waals surface area contributed by atoms with Crippen LogP contribution in [-0.4, -0.2) is 17.4 Å². The zero-order valence-electron chi connectivity index (χ0n) is 16.4. The molecule has 2 nitrogen and oxygen atoms in total. The molecule has 5 rings (SSSR count). The topological polar surface area (TPSA) is 20.3 Å². The highest BCUT2D eigenvalue weighted by atomic mass is 79.9. The molecular formula is C26H22BrNO. The second kappa shape index (κ2) is 7.31. The van der Waals surface area contributed by atoms with Gasteiger partial charge in [0.1, 0.15) is 0 Å². The lowest BCUT2D eigenvalue weighted by Gasteiger charge is -2.38. The molecule has 0 bridgehead atoms. The lowest BCUT2D eigenvalue weighted by Crippen LogP contribution is -2.39. The van der Waals surface area contributed by atoms with Gasteiger partial charge in [0.15, 0.2) is 0 Å². The molecule has 3 aromatic rings. The number of aryl methyl sites for hydroxylation is 1. The van der Waals surface area contributed by atoms with Gasteiger partial charge in [0.05, 0.1) is 6.04 Å². The van der Waals surface area contributed by atoms with Gasteiger partial charge in [-0.15, -0.1) is 0 Å². The number of benzene rings is 3. The third-order valence-corrected chi connectivity index (χ3v) is 6.63. The van der Waals surface area contributed by atoms with Crippen LogP contribution < -0.4 is 0 Å². The Morgan fingerprint density at radius 3 is 2.45 bits per heavy atom. The number of carbonyl (C=O) groups is 1. The van der Waals surface area contributed by atoms with Crippen LogP contribution >= 0.6 is 15.9 Å². The molecule has 1 atom stereocenters. The largest absolute Gasteiger partial charge is 0.327 e. The van der Waals surface area contributed by atoms with Gasteiger partial charge in [-0.2, -0.15) is 0 Å². The van der Waals surface area contributed by atoms with E-state index in [0.717, 1.165) is 29.4 Å². The molecule has 3 aromatic carbocycles. The maximum Gasteiger partial charge on any atom is 0.254 e. The second-order valence-electron chi connectivity index (χ2n) is 7.91. The van der Waals surface area contributed by atoms with Crippen LogP contribution in [0.2, 0.25) is 0 Å². The molecular weight excluding hydrogens is 422 g/mol. The van der Waals surface area contributed by atoms with Gasteiger partial charge in [-0.3, -0.25) is 4.79 Å². The molecule has 1 amide bonds. The summed E-state index contributed by atoms with van der Waals surface area (Å²) in [4.78, 5) is 15.6. The van der Waals surface area contributed by atoms with Crippen LogP contribution in [0.4, 0.5) is 0 Å². The molecule has 1 aliphatic heterocycles. The molecule has 0 saturated carbocycles. The standard InChI is InChI=1S/C26H22BrNO/c1-17-6-8-18(9-7-17)25-24-16-20-4-2-3-5-22(20)23(24)14-15-28(25)26(29)19-10-12-21(27)13-11-19/h2-13,25H,14-16H2,1H3. The quantitative estimate of drug-likeness (QED) is 0.451. The zero-order chi connectivity index (χ0) is 20.0. The Kier molecular flexibility index (Phi) is 4.63. The Hall–Kier alpha value is -2.65. The average Bonchev–Trinajstić information content (AvgIpc) is 3.12. The third kappa shape index (κ3) is 3.24. The van der Waals surface area contributed by atoms with Crippen molar-refractivity contribution < 1.29 is 4.79 Å². The summed E-state index contributed by atoms with van der Waals surface area (Å²) in [6.45, 7) is 2.84. The van der Waals surface area contributed by atoms with Crippen molar-refractivity contribution in [1.82, 2.24) is 4.90 Å². The van der Waals surface area contributed by atoms with Gasteiger partial charge in [0.25, 0.3) is 5.91 Å². The van der Waals surface area contributed by atoms with Gasteiger partial charge in [0, 0.05) is 16.6 Å². The first kappa shape index (κ1) is 18.4. The number of hydrogen-bond acceptors (Lipinski definition) is 1. The van der Waals surface area contributed by atoms with Gasteiger partial charge in [-0.25, -0.2) is 0 Å². The average molecular weight is 444 g/mol. The van der Waals surface area contributed by atoms with E-state index in [4.69, 9.17) is 0 Å². The highest BCUT2D eigenvalue weighted by Crippen LogP contribution is 2.47. The van der Waals surface area contributed by atoms with Crippen molar-refractivity contribution in [2.75, 3.05) is 6.54 Å². The van der Waals surface area contributed by atoms with Crippen LogP contribution in [0, 0.1) is 6.92 Å². The third-order valence-electron chi connectivity index (χ3n) is 6.10. The molecule has 0 N–H and O–H groups in total. The molecule has 0 aromatic heterocycles. The van der Waals surface area contributed by atoms with E-state index >= 15 is 0 Å². The fraction of sp³-hybridized carbons (Fsp3) is 0.192. The first-order valence-corrected chi connectivity index (χ1v) is 10.8. The Labute approximate surface area is 180 Å². The number of fused-ring (bicyclic) bond motifs is 2. The van der Waals surface area contributed by atoms with E-state index in [-0.39, 0.29) is 11.9 Å². The fourth-order valence-electron chi connectivity index (χ4n) is 4.67. The van der Waals surface area contributed by atoms with E-state index in [1.165, 1.54) is 33.4 Å². The van der Waals surface area contributed by atoms with E-state index in [1.807, 2.05) is 24.3 Å². The fourth-order valence-corrected chi connectivity index (χ4v) is 4.93. The molecule has 144 valence electrons. The summed E-state index contributed by atoms with van der Waals surface area (Å²) in [5, 5.41) is 0. The second-order valence-corrected chi connectivity index (χ2v) is 8.82. The lowest BCUT2D eigenvalue weighted by atomic mass is 9.87. The van der Waals surface area contributed by atoms with E-state index in [2.05, 4.69) is 76.3 Å². The van der Waals surface area contributed by atoms with Crippen molar-refractivity contribution in [1.29, 1.82) is 0 Å². The van der Waals surface area contributed by atoms with E-state index in [0.29, 0.717) is 0 Å². The van der Waals surface area contributed by atoms with Gasteiger partial charge in [-0.05, 0) is 71.9 Å². The Morgan fingerprint density at radius 1 is 0.966 bits per heavy atom. The number of carbonyl (C=O) groups excluding carboxylic acids is 1. The minimum Gasteiger partial charge on any atom is -0.327 e. The van der Waals surface area contributed by atoms with Gasteiger partial charge < -0.3 is 4.90 Å². The number of nitrogens with zero attached hydrogens (tertiary/aromatic N) is 1. The minimum absolute atomic E-state index is 0.0112. The first-order chi connectivity index (χ1) is 14.1. The number of halogens is 1. The molecule has 29 heavy (non-hydrogen) atoms. The van der Waals surface area contributed by atoms with Crippen molar-refractivity contribution in [3.05, 3.63) is 111 Å². The summed E-state index contributed by atoms with van der Waals surface area (Å²) in [5.41, 5.74) is 8.74. The smallest absolute Gasteiger partial charge is 0.254 e. The monoisotopic (exact) mass is 443 g/mol. The summed E-state index contributed by atoms with van der Waals surface area (Å²) in [6.07, 6.45) is 1.84. The van der Waals surface area contributed by atoms with Crippen molar-refractivity contribution in [3.8, 4) is 0 Å². The summed E-state index contributed by atoms with van der Waals surface area (Å²) >= 11 is 3.47. The van der Waals surface area contributed by atoms with Crippen molar-refractivity contribution in [3.63, 3.8) is 0 Å². The molecule has 3 heteroatoms. The maximum atomic E-state index is 13.5. The Bertz CT molecular complexity index is 1110. The van der Waals surface area contributed by atoms with E-state index in [1.54, 1.807) is 0 Å². The summed E-state index contributed by atoms with van der Waals surface area (Å²) in [5.74, 6) is 0.102. The van der Waals surface area contributed by atoms with Crippen LogP contribution in [0.25, 0.3) is 5.57 Å². The zero-order valence-corrected chi connectivity index (χ0v) is 17.9. The van der Waals surface area contributed by atoms with E-state index in [9.17, 15) is 4.79 Å². The number of hydrogen-bond donors (Lipinski definition) is 0. The van der Waals surface area contributed by atoms with Gasteiger partial charge in [-0.1, -0.05) is 70.0 Å². The van der Waals surface area contributed by atoms with E-state index < -0.39 is 0 Å². The van der Waals surface area contributed by atoms with Crippen molar-refractivity contribution in [2.24, 2.45) is 0 Å². The van der Waals surface area contributed by atoms with Gasteiger partial charge >= 0.3 is 0 Å². The molecule has 0 fully saturated rings. The van der Waals surface area contributed by atoms with Crippen LogP contribution in [0.5, 0.6) is 0 Å². The van der Waals surface area contributed by atoms with Gasteiger partial charge in [0.2, 0.25) is 0 Å². The number of rotatable bonds is 2. The molecule has 0 saturated heterocycles. The Morgan fingerprint density at radius 2 is 1.69 bits per heavy atom. The summed E-state index contributed by atoms with van der Waals surface area (Å²) < 4.78 is 0.985. The van der Waals surface area contributed by atoms with Crippen LogP contribution in [0.15, 0.2) is 82.8 Å². The predicted molar refractivity (Wildman–Crippen MR) is 121 cm³/mol. The number of amides is 1. The Balaban J connectivity index is 1.60. The van der Waals surface area contributed by atoms with Crippen LogP contribution in [-0.2, 0) is 6.42 Å².